The molecule has 4 nitrogen and oxygen atoms in total. The van der Waals surface area contributed by atoms with Crippen LogP contribution in [-0.4, -0.2) is 33.8 Å². The average molecular weight is 777 g/mol. The molecule has 0 aromatic heterocycles. The fraction of sp³-hybridized carbons (Fsp3) is 0.952. The van der Waals surface area contributed by atoms with Crippen LogP contribution in [0.15, 0.2) is 0 Å². The molecule has 0 heterocycles. The van der Waals surface area contributed by atoms with Gasteiger partial charge in [0.25, 0.3) is 0 Å². The van der Waals surface area contributed by atoms with Gasteiger partial charge in [-0.05, 0) is 60.4 Å². The highest BCUT2D eigenvalue weighted by atomic mass is 33.1. The van der Waals surface area contributed by atoms with Gasteiger partial charge in [-0.25, -0.2) is 0 Å². The summed E-state index contributed by atoms with van der Waals surface area (Å²) in [4.78, 5) is 24.8. The predicted molar refractivity (Wildman–Crippen MR) is 235 cm³/mol. The van der Waals surface area contributed by atoms with Crippen molar-refractivity contribution >= 4 is 57.1 Å². The summed E-state index contributed by atoms with van der Waals surface area (Å²) in [5.41, 5.74) is 11.1. The lowest BCUT2D eigenvalue weighted by molar-refractivity contribution is -0.112. The van der Waals surface area contributed by atoms with E-state index < -0.39 is 0 Å². The van der Waals surface area contributed by atoms with Crippen molar-refractivity contribution in [3.63, 3.8) is 0 Å². The van der Waals surface area contributed by atoms with E-state index >= 15 is 0 Å². The normalized spacial score (nSPS) is 12.8. The second-order valence-corrected chi connectivity index (χ2v) is 18.8. The first-order chi connectivity index (χ1) is 24.5. The van der Waals surface area contributed by atoms with Gasteiger partial charge in [0.05, 0.1) is 0 Å². The first-order valence-electron chi connectivity index (χ1n) is 21.7. The molecular weight excluding hydrogens is 693 g/mol. The Morgan fingerprint density at radius 3 is 0.720 bits per heavy atom. The van der Waals surface area contributed by atoms with Crippen molar-refractivity contribution in [2.24, 2.45) is 11.5 Å². The maximum absolute atomic E-state index is 12.4. The Hall–Kier alpha value is 0.660. The molecule has 2 unspecified atom stereocenters. The number of hydrogen-bond acceptors (Lipinski definition) is 8. The molecule has 0 radical (unpaired) electrons. The van der Waals surface area contributed by atoms with Gasteiger partial charge in [0, 0.05) is 23.3 Å². The van der Waals surface area contributed by atoms with Crippen LogP contribution in [0.3, 0.4) is 0 Å². The summed E-state index contributed by atoms with van der Waals surface area (Å²) in [6.07, 6.45) is 45.7. The first kappa shape index (κ1) is 50.7. The van der Waals surface area contributed by atoms with Crippen LogP contribution in [0.5, 0.6) is 0 Å². The third-order valence-electron chi connectivity index (χ3n) is 10.0. The highest BCUT2D eigenvalue weighted by molar-refractivity contribution is 8.87. The lowest BCUT2D eigenvalue weighted by Gasteiger charge is -2.10. The maximum atomic E-state index is 12.4. The van der Waals surface area contributed by atoms with Gasteiger partial charge in [-0.1, -0.05) is 193 Å². The van der Waals surface area contributed by atoms with Gasteiger partial charge in [0.1, 0.15) is 0 Å². The fourth-order valence-electron chi connectivity index (χ4n) is 6.75. The Balaban J connectivity index is 3.46. The monoisotopic (exact) mass is 777 g/mol. The smallest absolute Gasteiger partial charge is 0.200 e. The van der Waals surface area contributed by atoms with Crippen molar-refractivity contribution in [2.75, 3.05) is 13.1 Å². The van der Waals surface area contributed by atoms with Crippen molar-refractivity contribution in [3.05, 3.63) is 0 Å². The van der Waals surface area contributed by atoms with Crippen LogP contribution >= 0.6 is 46.8 Å². The standard InChI is InChI=1S/C42H84N2O2S4/c43-35-31-27-23-19-15-11-7-3-1-5-9-13-17-21-25-29-33-39(47)37-41(45)49-50-42(46)38-40(48)34-30-26-22-18-14-10-6-2-4-8-12-16-20-24-28-32-36-44/h39-40,47-48H,1-38,43-44H2. The van der Waals surface area contributed by atoms with Crippen LogP contribution in [0.4, 0.5) is 0 Å². The lowest BCUT2D eigenvalue weighted by Crippen LogP contribution is -2.07. The molecule has 0 aromatic rings. The predicted octanol–water partition coefficient (Wildman–Crippen LogP) is 14.0. The lowest BCUT2D eigenvalue weighted by atomic mass is 10.0. The minimum absolute atomic E-state index is 0.0753. The summed E-state index contributed by atoms with van der Waals surface area (Å²) in [7, 11) is 2.22. The summed E-state index contributed by atoms with van der Waals surface area (Å²) < 4.78 is 0. The molecule has 0 aliphatic heterocycles. The van der Waals surface area contributed by atoms with E-state index in [1.54, 1.807) is 0 Å². The van der Waals surface area contributed by atoms with Gasteiger partial charge < -0.3 is 11.5 Å². The summed E-state index contributed by atoms with van der Waals surface area (Å²) >= 11 is 9.32. The zero-order chi connectivity index (χ0) is 36.6. The van der Waals surface area contributed by atoms with E-state index in [1.165, 1.54) is 193 Å². The van der Waals surface area contributed by atoms with Crippen LogP contribution in [0, 0.1) is 0 Å². The van der Waals surface area contributed by atoms with E-state index in [4.69, 9.17) is 11.5 Å². The molecule has 298 valence electrons. The Kier molecular flexibility index (Phi) is 43.0. The van der Waals surface area contributed by atoms with Crippen LogP contribution in [0.25, 0.3) is 0 Å². The molecule has 0 spiro atoms. The molecule has 2 atom stereocenters. The highest BCUT2D eigenvalue weighted by Gasteiger charge is 2.16. The SMILES string of the molecule is NCCCCCCCCCCCCCCCCCCC(S)CC(=O)SSC(=O)CC(S)CCCCCCCCCCCCCCCCCCN. The molecule has 4 N–H and O–H groups in total. The van der Waals surface area contributed by atoms with Crippen molar-refractivity contribution < 1.29 is 9.59 Å². The zero-order valence-corrected chi connectivity index (χ0v) is 36.1. The van der Waals surface area contributed by atoms with E-state index in [0.717, 1.165) is 60.4 Å². The van der Waals surface area contributed by atoms with Crippen LogP contribution in [0.1, 0.15) is 231 Å². The van der Waals surface area contributed by atoms with Crippen molar-refractivity contribution in [1.29, 1.82) is 0 Å². The van der Waals surface area contributed by atoms with Crippen LogP contribution in [-0.2, 0) is 9.59 Å². The minimum atomic E-state index is 0.0753. The summed E-state index contributed by atoms with van der Waals surface area (Å²) in [6, 6.07) is 0. The topological polar surface area (TPSA) is 86.2 Å². The molecule has 0 aliphatic rings. The molecule has 0 saturated heterocycles. The van der Waals surface area contributed by atoms with E-state index in [0.29, 0.717) is 12.8 Å². The second-order valence-electron chi connectivity index (χ2n) is 15.1. The molecule has 0 saturated carbocycles. The number of carbonyl (C=O) groups is 2. The van der Waals surface area contributed by atoms with Crippen molar-refractivity contribution in [3.8, 4) is 0 Å². The second kappa shape index (κ2) is 42.4. The Labute approximate surface area is 331 Å². The molecule has 0 amide bonds. The Bertz CT molecular complexity index is 657. The van der Waals surface area contributed by atoms with E-state index in [1.807, 2.05) is 0 Å². The van der Waals surface area contributed by atoms with Gasteiger partial charge in [-0.15, -0.1) is 0 Å². The van der Waals surface area contributed by atoms with Crippen LogP contribution < -0.4 is 11.5 Å². The molecule has 0 fully saturated rings. The highest BCUT2D eigenvalue weighted by Crippen LogP contribution is 2.30. The molecule has 50 heavy (non-hydrogen) atoms. The molecule has 0 bridgehead atoms. The minimum Gasteiger partial charge on any atom is -0.330 e. The fourth-order valence-corrected chi connectivity index (χ4v) is 9.38. The molecule has 0 aromatic carbocycles. The molecular formula is C42H84N2O2S4. The van der Waals surface area contributed by atoms with Gasteiger partial charge in [-0.2, -0.15) is 25.3 Å². The Morgan fingerprint density at radius 1 is 0.340 bits per heavy atom. The third-order valence-corrected chi connectivity index (χ3v) is 13.1. The summed E-state index contributed by atoms with van der Waals surface area (Å²) in [6.45, 7) is 1.69. The van der Waals surface area contributed by atoms with Gasteiger partial charge in [0.15, 0.2) is 0 Å². The molecule has 0 aliphatic carbocycles. The van der Waals surface area contributed by atoms with Gasteiger partial charge in [-0.3, -0.25) is 9.59 Å². The maximum Gasteiger partial charge on any atom is 0.200 e. The molecule has 8 heteroatoms. The van der Waals surface area contributed by atoms with Crippen LogP contribution in [0.2, 0.25) is 0 Å². The zero-order valence-electron chi connectivity index (χ0n) is 32.7. The quantitative estimate of drug-likeness (QED) is 0.0282. The number of rotatable bonds is 40. The number of unbranched alkanes of at least 4 members (excludes halogenated alkanes) is 30. The largest absolute Gasteiger partial charge is 0.330 e. The van der Waals surface area contributed by atoms with Crippen molar-refractivity contribution in [2.45, 2.75) is 242 Å². The van der Waals surface area contributed by atoms with Gasteiger partial charge in [0.2, 0.25) is 10.2 Å². The van der Waals surface area contributed by atoms with Crippen molar-refractivity contribution in [1.82, 2.24) is 0 Å². The number of nitrogens with two attached hydrogens (primary N) is 2. The summed E-state index contributed by atoms with van der Waals surface area (Å²) in [5.74, 6) is 0. The number of thiol groups is 2. The molecule has 0 rings (SSSR count). The van der Waals surface area contributed by atoms with E-state index in [-0.39, 0.29) is 20.7 Å². The Morgan fingerprint density at radius 2 is 0.520 bits per heavy atom. The summed E-state index contributed by atoms with van der Waals surface area (Å²) in [5, 5.41) is 0.356. The number of carbonyl (C=O) groups excluding carboxylic acids is 2. The van der Waals surface area contributed by atoms with Gasteiger partial charge >= 0.3 is 0 Å². The number of hydrogen-bond donors (Lipinski definition) is 4. The third kappa shape index (κ3) is 41.4. The average Bonchev–Trinajstić information content (AvgIpc) is 3.10. The first-order valence-corrected chi connectivity index (χ1v) is 24.8. The van der Waals surface area contributed by atoms with E-state index in [9.17, 15) is 9.59 Å². The van der Waals surface area contributed by atoms with E-state index in [2.05, 4.69) is 25.3 Å².